The van der Waals surface area contributed by atoms with Crippen LogP contribution in [-0.4, -0.2) is 14.1 Å². The van der Waals surface area contributed by atoms with E-state index in [1.54, 1.807) is 0 Å². The van der Waals surface area contributed by atoms with Crippen molar-refractivity contribution in [1.82, 2.24) is 14.1 Å². The Kier molecular flexibility index (Phi) is 15.3. The summed E-state index contributed by atoms with van der Waals surface area (Å²) < 4.78 is 14.5. The van der Waals surface area contributed by atoms with Crippen LogP contribution in [0.4, 0.5) is 0 Å². The summed E-state index contributed by atoms with van der Waals surface area (Å²) in [6, 6.07) is 110. The van der Waals surface area contributed by atoms with Crippen LogP contribution in [0.3, 0.4) is 0 Å². The number of aromatic nitrogens is 4. The number of ether oxygens (including phenoxy) is 1. The van der Waals surface area contributed by atoms with Gasteiger partial charge < -0.3 is 4.74 Å². The van der Waals surface area contributed by atoms with E-state index >= 15 is 0 Å². The van der Waals surface area contributed by atoms with Gasteiger partial charge in [0.15, 0.2) is 0 Å². The van der Waals surface area contributed by atoms with Crippen LogP contribution in [0.25, 0.3) is 128 Å². The van der Waals surface area contributed by atoms with Crippen molar-refractivity contribution < 1.29 is 9.30 Å². The Hall–Kier alpha value is -11.9. The van der Waals surface area contributed by atoms with E-state index < -0.39 is 5.41 Å². The summed E-state index contributed by atoms with van der Waals surface area (Å²) in [6.45, 7) is 28.8. The number of para-hydroxylation sites is 3. The topological polar surface area (TPSA) is 35.9 Å². The molecular formula is C101H86N4O. The lowest BCUT2D eigenvalue weighted by Gasteiger charge is -2.44. The van der Waals surface area contributed by atoms with Crippen LogP contribution in [-0.2, 0) is 27.1 Å². The highest BCUT2D eigenvalue weighted by Crippen LogP contribution is 2.65. The molecule has 0 amide bonds. The second-order valence-electron chi connectivity index (χ2n) is 33.4. The first-order chi connectivity index (χ1) is 51.1. The normalized spacial score (nSPS) is 13.2. The molecule has 1 aliphatic carbocycles. The number of nitrogens with zero attached hydrogens (tertiary/aromatic N) is 4. The molecule has 0 atom stereocenters. The summed E-state index contributed by atoms with van der Waals surface area (Å²) in [7, 11) is 0. The summed E-state index contributed by atoms with van der Waals surface area (Å²) in [5, 5.41) is 2.29. The first-order valence-electron chi connectivity index (χ1n) is 37.4. The molecule has 0 saturated heterocycles. The number of hydrogen-bond donors (Lipinski definition) is 0. The van der Waals surface area contributed by atoms with Gasteiger partial charge in [0, 0.05) is 23.0 Å². The van der Waals surface area contributed by atoms with Crippen LogP contribution in [0.1, 0.15) is 128 Å². The van der Waals surface area contributed by atoms with Gasteiger partial charge in [-0.05, 0) is 223 Å². The van der Waals surface area contributed by atoms with Gasteiger partial charge in [0.2, 0.25) is 0 Å². The summed E-state index contributed by atoms with van der Waals surface area (Å²) >= 11 is 0. The van der Waals surface area contributed by atoms with Gasteiger partial charge in [0.05, 0.1) is 38.9 Å². The zero-order valence-electron chi connectivity index (χ0n) is 62.6. The highest BCUT2D eigenvalue weighted by atomic mass is 16.5. The second kappa shape index (κ2) is 24.6. The average molecular weight is 1370 g/mol. The summed E-state index contributed by atoms with van der Waals surface area (Å²) in [5.74, 6) is 2.28. The molecule has 1 aliphatic heterocycles. The van der Waals surface area contributed by atoms with Crippen LogP contribution >= 0.6 is 0 Å². The third-order valence-corrected chi connectivity index (χ3v) is 22.3. The maximum absolute atomic E-state index is 7.44. The van der Waals surface area contributed by atoms with E-state index in [0.29, 0.717) is 5.75 Å². The standard InChI is InChI=1S/C101H86N4O/c1-97(2,3)74-57-82-83-58-75(98(4,5)6)60-87(100(10,11)12)94(83)101(93(82)86(59-74)99(7,8)9)84-49-47-77(106-76-46-48-81-80-39-25-26-43-88(80)105(90(81)61-76)92-45-27-28-50-102-92)62-91(84)104-63-103(89-44-30-42-85(101)96(89)104)95-78(72-53-68(64-31-17-13-18-32-64)51-69(54-72)65-33-19-14-20-34-65)40-29-41-79(95)73-55-70(66-35-21-15-22-36-66)52-71(56-73)67-37-23-16-24-38-67/h13-62H,1-12H3. The van der Waals surface area contributed by atoms with Gasteiger partial charge >= 0.3 is 0 Å². The SMILES string of the molecule is CC(C)(C)c1cc2c(c(C(C)(C)C)c1)C1(c3ccc(Oc4ccc5c6ccccc6n(-c6ccccn6)c5c4)cc3-n3[c-][n+](-c4c(-c5cc(-c6ccccc6)cc(-c6ccccc6)c5)cccc4-c4cc(-c5ccccc5)cc(-c5ccccc5)c4)c4cccc1c43)c1c-2cc(C(C)(C)C)cc1C(C)(C)C. The zero-order chi connectivity index (χ0) is 72.8. The van der Waals surface area contributed by atoms with Crippen molar-refractivity contribution in [1.29, 1.82) is 0 Å². The third-order valence-electron chi connectivity index (χ3n) is 22.3. The fourth-order valence-corrected chi connectivity index (χ4v) is 17.1. The first-order valence-corrected chi connectivity index (χ1v) is 37.4. The van der Waals surface area contributed by atoms with Crippen LogP contribution in [0, 0.1) is 6.33 Å². The van der Waals surface area contributed by atoms with Crippen molar-refractivity contribution in [2.24, 2.45) is 0 Å². The van der Waals surface area contributed by atoms with Crippen LogP contribution < -0.4 is 9.30 Å². The van der Waals surface area contributed by atoms with E-state index in [1.807, 2.05) is 12.3 Å². The van der Waals surface area contributed by atoms with E-state index in [9.17, 15) is 0 Å². The van der Waals surface area contributed by atoms with Gasteiger partial charge in [-0.1, -0.05) is 295 Å². The van der Waals surface area contributed by atoms with Crippen molar-refractivity contribution in [3.63, 3.8) is 0 Å². The number of fused-ring (bicyclic) bond motifs is 12. The fraction of sp³-hybridized carbons (Fsp3) is 0.168. The summed E-state index contributed by atoms with van der Waals surface area (Å²) in [5.41, 5.74) is 30.9. The second-order valence-corrected chi connectivity index (χ2v) is 33.4. The minimum atomic E-state index is -0.871. The largest absolute Gasteiger partial charge is 0.458 e. The quantitative estimate of drug-likeness (QED) is 0.101. The average Bonchev–Trinajstić information content (AvgIpc) is 1.47. The van der Waals surface area contributed by atoms with Crippen LogP contribution in [0.2, 0.25) is 0 Å². The van der Waals surface area contributed by atoms with E-state index in [0.717, 1.165) is 123 Å². The van der Waals surface area contributed by atoms with Crippen molar-refractivity contribution in [2.45, 2.75) is 110 Å². The minimum absolute atomic E-state index is 0.156. The minimum Gasteiger partial charge on any atom is -0.458 e. The molecule has 16 aromatic rings. The molecule has 0 radical (unpaired) electrons. The molecule has 13 aromatic carbocycles. The molecule has 0 unspecified atom stereocenters. The van der Waals surface area contributed by atoms with E-state index in [-0.39, 0.29) is 21.7 Å². The Morgan fingerprint density at radius 2 is 0.802 bits per heavy atom. The molecule has 516 valence electrons. The monoisotopic (exact) mass is 1370 g/mol. The number of pyridine rings is 1. The molecule has 0 N–H and O–H groups in total. The molecule has 3 aromatic heterocycles. The van der Waals surface area contributed by atoms with Gasteiger partial charge in [-0.2, -0.15) is 0 Å². The number of hydrogen-bond acceptors (Lipinski definition) is 2. The smallest absolute Gasteiger partial charge is 0.269 e. The first kappa shape index (κ1) is 66.1. The number of imidazole rings is 1. The van der Waals surface area contributed by atoms with Gasteiger partial charge in [0.25, 0.3) is 6.33 Å². The summed E-state index contributed by atoms with van der Waals surface area (Å²) in [6.07, 6.45) is 6.20. The lowest BCUT2D eigenvalue weighted by molar-refractivity contribution is -0.571. The van der Waals surface area contributed by atoms with Crippen LogP contribution in [0.15, 0.2) is 303 Å². The maximum Gasteiger partial charge on any atom is 0.269 e. The Labute approximate surface area is 623 Å². The molecule has 0 fully saturated rings. The Morgan fingerprint density at radius 1 is 0.349 bits per heavy atom. The molecule has 5 heteroatoms. The van der Waals surface area contributed by atoms with Gasteiger partial charge in [0.1, 0.15) is 17.3 Å². The molecule has 18 rings (SSSR count). The van der Waals surface area contributed by atoms with Crippen molar-refractivity contribution in [3.8, 4) is 107 Å². The highest BCUT2D eigenvalue weighted by Gasteiger charge is 2.55. The third kappa shape index (κ3) is 10.9. The van der Waals surface area contributed by atoms with Crippen molar-refractivity contribution in [2.75, 3.05) is 0 Å². The molecule has 5 nitrogen and oxygen atoms in total. The molecule has 2 aliphatic rings. The number of benzene rings is 13. The molecule has 106 heavy (non-hydrogen) atoms. The predicted molar refractivity (Wildman–Crippen MR) is 441 cm³/mol. The van der Waals surface area contributed by atoms with Gasteiger partial charge in [-0.3, -0.25) is 13.7 Å². The van der Waals surface area contributed by atoms with Crippen LogP contribution in [0.5, 0.6) is 11.5 Å². The Morgan fingerprint density at radius 3 is 1.29 bits per heavy atom. The maximum atomic E-state index is 7.44. The van der Waals surface area contributed by atoms with Gasteiger partial charge in [-0.25, -0.2) is 4.98 Å². The molecule has 1 spiro atoms. The van der Waals surface area contributed by atoms with E-state index in [2.05, 4.69) is 394 Å². The van der Waals surface area contributed by atoms with E-state index in [1.165, 1.54) is 55.6 Å². The number of rotatable bonds is 10. The lowest BCUT2D eigenvalue weighted by Crippen LogP contribution is -2.38. The molecule has 0 saturated carbocycles. The molecule has 0 bridgehead atoms. The molecule has 4 heterocycles. The fourth-order valence-electron chi connectivity index (χ4n) is 17.1. The predicted octanol–water partition coefficient (Wildman–Crippen LogP) is 25.9. The Balaban J connectivity index is 0.982. The highest BCUT2D eigenvalue weighted by molar-refractivity contribution is 6.09. The van der Waals surface area contributed by atoms with E-state index in [4.69, 9.17) is 9.72 Å². The van der Waals surface area contributed by atoms with Crippen molar-refractivity contribution in [3.05, 3.63) is 354 Å². The van der Waals surface area contributed by atoms with Crippen molar-refractivity contribution >= 4 is 32.8 Å². The summed E-state index contributed by atoms with van der Waals surface area (Å²) in [4.78, 5) is 4.91. The Bertz CT molecular complexity index is 5830. The van der Waals surface area contributed by atoms with Gasteiger partial charge in [-0.15, -0.1) is 0 Å². The lowest BCUT2D eigenvalue weighted by atomic mass is 9.60. The zero-order valence-corrected chi connectivity index (χ0v) is 62.6. The molecular weight excluding hydrogens is 1290 g/mol.